The summed E-state index contributed by atoms with van der Waals surface area (Å²) in [6, 6.07) is 19.1. The normalized spacial score (nSPS) is 20.1. The maximum atomic E-state index is 10.7. The molecule has 1 saturated carbocycles. The average molecular weight is 362 g/mol. The van der Waals surface area contributed by atoms with Crippen molar-refractivity contribution in [2.75, 3.05) is 0 Å². The minimum atomic E-state index is -0.752. The van der Waals surface area contributed by atoms with E-state index >= 15 is 0 Å². The first-order chi connectivity index (χ1) is 13.0. The largest absolute Gasteiger partial charge is 0.481 e. The van der Waals surface area contributed by atoms with Crippen LogP contribution in [0.2, 0.25) is 0 Å². The Morgan fingerprint density at radius 2 is 2.04 bits per heavy atom. The number of nitrogens with one attached hydrogen (secondary N) is 1. The Kier molecular flexibility index (Phi) is 6.26. The average Bonchev–Trinajstić information content (AvgIpc) is 3.15. The first-order valence-corrected chi connectivity index (χ1v) is 9.62. The quantitative estimate of drug-likeness (QED) is 0.757. The number of benzene rings is 2. The van der Waals surface area contributed by atoms with E-state index in [0.717, 1.165) is 30.4 Å². The van der Waals surface area contributed by atoms with Gasteiger partial charge in [-0.05, 0) is 67.3 Å². The van der Waals surface area contributed by atoms with Crippen molar-refractivity contribution in [2.24, 2.45) is 0 Å². The summed E-state index contributed by atoms with van der Waals surface area (Å²) in [6.45, 7) is 2.15. The van der Waals surface area contributed by atoms with Gasteiger partial charge in [0, 0.05) is 18.5 Å². The molecule has 0 heterocycles. The molecule has 4 heteroatoms. The van der Waals surface area contributed by atoms with Gasteiger partial charge in [0.25, 0.3) is 0 Å². The Morgan fingerprint density at radius 3 is 2.74 bits per heavy atom. The topological polar surface area (TPSA) is 73.1 Å². The Morgan fingerprint density at radius 1 is 1.26 bits per heavy atom. The van der Waals surface area contributed by atoms with Crippen LogP contribution in [-0.4, -0.2) is 17.1 Å². The molecule has 0 bridgehead atoms. The molecule has 1 aliphatic carbocycles. The molecule has 0 amide bonds. The molecule has 3 rings (SSSR count). The number of nitrogens with zero attached hydrogens (tertiary/aromatic N) is 1. The molecule has 140 valence electrons. The van der Waals surface area contributed by atoms with Gasteiger partial charge in [-0.25, -0.2) is 0 Å². The van der Waals surface area contributed by atoms with E-state index in [1.54, 1.807) is 0 Å². The zero-order valence-electron chi connectivity index (χ0n) is 15.7. The molecule has 3 atom stereocenters. The number of rotatable bonds is 7. The summed E-state index contributed by atoms with van der Waals surface area (Å²) >= 11 is 0. The van der Waals surface area contributed by atoms with E-state index in [9.17, 15) is 4.79 Å². The molecule has 0 spiro atoms. The van der Waals surface area contributed by atoms with Crippen LogP contribution in [0.25, 0.3) is 0 Å². The second-order valence-electron chi connectivity index (χ2n) is 7.47. The summed E-state index contributed by atoms with van der Waals surface area (Å²) in [5.74, 6) is -0.202. The number of carboxylic acids is 1. The zero-order chi connectivity index (χ0) is 19.2. The number of aliphatic carboxylic acids is 1. The molecule has 1 fully saturated rings. The van der Waals surface area contributed by atoms with Crippen LogP contribution in [0.15, 0.2) is 48.5 Å². The lowest BCUT2D eigenvalue weighted by Crippen LogP contribution is -2.29. The molecular weight excluding hydrogens is 336 g/mol. The highest BCUT2D eigenvalue weighted by molar-refractivity contribution is 5.67. The van der Waals surface area contributed by atoms with Crippen molar-refractivity contribution in [3.63, 3.8) is 0 Å². The summed E-state index contributed by atoms with van der Waals surface area (Å²) in [4.78, 5) is 10.7. The van der Waals surface area contributed by atoms with Crippen molar-refractivity contribution in [2.45, 2.75) is 57.0 Å². The Balaban J connectivity index is 1.55. The second kappa shape index (κ2) is 8.83. The molecule has 1 unspecified atom stereocenters. The summed E-state index contributed by atoms with van der Waals surface area (Å²) < 4.78 is 0. The molecule has 2 N–H and O–H groups in total. The van der Waals surface area contributed by atoms with Crippen LogP contribution in [0.4, 0.5) is 0 Å². The van der Waals surface area contributed by atoms with Crippen LogP contribution in [0.5, 0.6) is 0 Å². The van der Waals surface area contributed by atoms with E-state index in [-0.39, 0.29) is 12.5 Å². The van der Waals surface area contributed by atoms with E-state index in [4.69, 9.17) is 10.4 Å². The minimum absolute atomic E-state index is 0.180. The lowest BCUT2D eigenvalue weighted by atomic mass is 9.95. The Bertz CT molecular complexity index is 823. The predicted molar refractivity (Wildman–Crippen MR) is 105 cm³/mol. The molecular formula is C23H26N2O2. The fraction of sp³-hybridized carbons (Fsp3) is 0.391. The van der Waals surface area contributed by atoms with Gasteiger partial charge >= 0.3 is 5.97 Å². The van der Waals surface area contributed by atoms with Gasteiger partial charge in [0.1, 0.15) is 0 Å². The van der Waals surface area contributed by atoms with Crippen LogP contribution in [0.1, 0.15) is 66.8 Å². The van der Waals surface area contributed by atoms with Crippen molar-refractivity contribution < 1.29 is 9.90 Å². The third-order valence-electron chi connectivity index (χ3n) is 5.51. The summed E-state index contributed by atoms with van der Waals surface area (Å²) in [7, 11) is 0. The van der Waals surface area contributed by atoms with Crippen LogP contribution >= 0.6 is 0 Å². The SMILES string of the molecule is C[C@H](N[C@H]1CCC(c2ccc(CCC(=O)O)cc2)C1)c1cccc(C#N)c1. The third kappa shape index (κ3) is 5.18. The van der Waals surface area contributed by atoms with E-state index in [1.807, 2.05) is 18.2 Å². The molecule has 0 aliphatic heterocycles. The fourth-order valence-electron chi connectivity index (χ4n) is 3.97. The van der Waals surface area contributed by atoms with E-state index in [2.05, 4.69) is 48.6 Å². The smallest absolute Gasteiger partial charge is 0.303 e. The number of hydrogen-bond acceptors (Lipinski definition) is 3. The van der Waals surface area contributed by atoms with Gasteiger partial charge in [-0.2, -0.15) is 5.26 Å². The van der Waals surface area contributed by atoms with Gasteiger partial charge in [0.05, 0.1) is 11.6 Å². The maximum absolute atomic E-state index is 10.7. The standard InChI is InChI=1S/C23H26N2O2/c1-16(20-4-2-3-18(13-20)15-24)25-22-11-10-21(14-22)19-8-5-17(6-9-19)7-12-23(26)27/h2-6,8-9,13,16,21-22,25H,7,10-12,14H2,1H3,(H,26,27)/t16-,21?,22-/m0/s1. The molecule has 2 aromatic rings. The number of carboxylic acid groups (broad SMARTS) is 1. The molecule has 27 heavy (non-hydrogen) atoms. The summed E-state index contributed by atoms with van der Waals surface area (Å²) in [6.07, 6.45) is 4.19. The Labute approximate surface area is 160 Å². The Hall–Kier alpha value is -2.64. The lowest BCUT2D eigenvalue weighted by molar-refractivity contribution is -0.136. The number of aryl methyl sites for hydroxylation is 1. The van der Waals surface area contributed by atoms with E-state index in [0.29, 0.717) is 23.9 Å². The van der Waals surface area contributed by atoms with Crippen LogP contribution in [0.3, 0.4) is 0 Å². The third-order valence-corrected chi connectivity index (χ3v) is 5.51. The van der Waals surface area contributed by atoms with Gasteiger partial charge in [-0.1, -0.05) is 36.4 Å². The van der Waals surface area contributed by atoms with Crippen LogP contribution in [-0.2, 0) is 11.2 Å². The van der Waals surface area contributed by atoms with Gasteiger partial charge in [0.15, 0.2) is 0 Å². The molecule has 2 aromatic carbocycles. The van der Waals surface area contributed by atoms with Crippen molar-refractivity contribution in [3.8, 4) is 6.07 Å². The van der Waals surface area contributed by atoms with Gasteiger partial charge < -0.3 is 10.4 Å². The summed E-state index contributed by atoms with van der Waals surface area (Å²) in [5.41, 5.74) is 4.28. The zero-order valence-corrected chi connectivity index (χ0v) is 15.7. The number of nitriles is 1. The van der Waals surface area contributed by atoms with Crippen molar-refractivity contribution in [3.05, 3.63) is 70.8 Å². The van der Waals surface area contributed by atoms with Crippen molar-refractivity contribution in [1.82, 2.24) is 5.32 Å². The molecule has 1 aliphatic rings. The predicted octanol–water partition coefficient (Wildman–Crippen LogP) is 4.56. The molecule has 0 aromatic heterocycles. The highest BCUT2D eigenvalue weighted by atomic mass is 16.4. The fourth-order valence-corrected chi connectivity index (χ4v) is 3.97. The first kappa shape index (κ1) is 19.1. The van der Waals surface area contributed by atoms with Gasteiger partial charge in [-0.3, -0.25) is 4.79 Å². The maximum Gasteiger partial charge on any atom is 0.303 e. The summed E-state index contributed by atoms with van der Waals surface area (Å²) in [5, 5.41) is 21.6. The molecule has 4 nitrogen and oxygen atoms in total. The number of hydrogen-bond donors (Lipinski definition) is 2. The monoisotopic (exact) mass is 362 g/mol. The highest BCUT2D eigenvalue weighted by Crippen LogP contribution is 2.35. The molecule has 0 radical (unpaired) electrons. The van der Waals surface area contributed by atoms with Crippen molar-refractivity contribution in [1.29, 1.82) is 5.26 Å². The molecule has 0 saturated heterocycles. The van der Waals surface area contributed by atoms with Gasteiger partial charge in [0.2, 0.25) is 0 Å². The van der Waals surface area contributed by atoms with E-state index < -0.39 is 5.97 Å². The number of carbonyl (C=O) groups is 1. The highest BCUT2D eigenvalue weighted by Gasteiger charge is 2.27. The van der Waals surface area contributed by atoms with Crippen LogP contribution < -0.4 is 5.32 Å². The van der Waals surface area contributed by atoms with Crippen molar-refractivity contribution >= 4 is 5.97 Å². The minimum Gasteiger partial charge on any atom is -0.481 e. The first-order valence-electron chi connectivity index (χ1n) is 9.62. The van der Waals surface area contributed by atoms with Crippen LogP contribution in [0, 0.1) is 11.3 Å². The second-order valence-corrected chi connectivity index (χ2v) is 7.47. The lowest BCUT2D eigenvalue weighted by Gasteiger charge is -2.20. The van der Waals surface area contributed by atoms with Gasteiger partial charge in [-0.15, -0.1) is 0 Å². The van der Waals surface area contributed by atoms with E-state index in [1.165, 1.54) is 5.56 Å².